The molecule has 2 N–H and O–H groups in total. The molecule has 1 aromatic heterocycles. The van der Waals surface area contributed by atoms with Gasteiger partial charge in [0.1, 0.15) is 11.5 Å². The maximum atomic E-state index is 12.9. The number of halogens is 4. The largest absolute Gasteiger partial charge is 0.456 e. The number of nitrogens with zero attached hydrogens (tertiary/aromatic N) is 1. The predicted octanol–water partition coefficient (Wildman–Crippen LogP) is 5.60. The molecule has 0 saturated heterocycles. The highest BCUT2D eigenvalue weighted by Gasteiger charge is 2.33. The Morgan fingerprint density at radius 1 is 1.03 bits per heavy atom. The molecular weight excluding hydrogens is 407 g/mol. The highest BCUT2D eigenvalue weighted by atomic mass is 35.5. The zero-order chi connectivity index (χ0) is 20.9. The SMILES string of the molecule is O=C(CNc1ccc(Oc2cccnc2)cc1)Nc1ccc(Cl)c(C(F)(F)F)c1. The minimum atomic E-state index is -4.60. The number of nitrogens with one attached hydrogen (secondary N) is 2. The molecule has 150 valence electrons. The van der Waals surface area contributed by atoms with Gasteiger partial charge >= 0.3 is 6.18 Å². The van der Waals surface area contributed by atoms with Crippen molar-refractivity contribution >= 4 is 28.9 Å². The van der Waals surface area contributed by atoms with Gasteiger partial charge in [-0.25, -0.2) is 0 Å². The van der Waals surface area contributed by atoms with Gasteiger partial charge in [-0.2, -0.15) is 13.2 Å². The van der Waals surface area contributed by atoms with Crippen molar-refractivity contribution in [3.63, 3.8) is 0 Å². The molecule has 0 aliphatic carbocycles. The van der Waals surface area contributed by atoms with Crippen molar-refractivity contribution in [1.82, 2.24) is 4.98 Å². The molecular formula is C20H15ClF3N3O2. The molecule has 3 aromatic rings. The molecule has 0 bridgehead atoms. The normalized spacial score (nSPS) is 11.0. The minimum absolute atomic E-state index is 0.00810. The summed E-state index contributed by atoms with van der Waals surface area (Å²) in [6, 6.07) is 13.6. The topological polar surface area (TPSA) is 63.2 Å². The van der Waals surface area contributed by atoms with E-state index in [1.54, 1.807) is 48.8 Å². The first-order valence-electron chi connectivity index (χ1n) is 8.40. The van der Waals surface area contributed by atoms with Gasteiger partial charge in [0, 0.05) is 17.6 Å². The van der Waals surface area contributed by atoms with Gasteiger partial charge in [0.2, 0.25) is 5.91 Å². The van der Waals surface area contributed by atoms with Gasteiger partial charge in [0.25, 0.3) is 0 Å². The molecule has 0 aliphatic heterocycles. The van der Waals surface area contributed by atoms with Crippen molar-refractivity contribution in [2.24, 2.45) is 0 Å². The van der Waals surface area contributed by atoms with Gasteiger partial charge in [0.15, 0.2) is 0 Å². The second-order valence-electron chi connectivity index (χ2n) is 5.91. The lowest BCUT2D eigenvalue weighted by Gasteiger charge is -2.12. The Morgan fingerprint density at radius 3 is 2.41 bits per heavy atom. The summed E-state index contributed by atoms with van der Waals surface area (Å²) in [4.78, 5) is 16.0. The number of carbonyl (C=O) groups excluding carboxylic acids is 1. The summed E-state index contributed by atoms with van der Waals surface area (Å²) < 4.78 is 44.3. The Balaban J connectivity index is 1.54. The lowest BCUT2D eigenvalue weighted by molar-refractivity contribution is -0.137. The van der Waals surface area contributed by atoms with Crippen LogP contribution in [0.1, 0.15) is 5.56 Å². The highest BCUT2D eigenvalue weighted by molar-refractivity contribution is 6.31. The van der Waals surface area contributed by atoms with Gasteiger partial charge in [-0.15, -0.1) is 0 Å². The van der Waals surface area contributed by atoms with Gasteiger partial charge in [-0.3, -0.25) is 9.78 Å². The van der Waals surface area contributed by atoms with Crippen molar-refractivity contribution in [3.05, 3.63) is 77.6 Å². The molecule has 9 heteroatoms. The summed E-state index contributed by atoms with van der Waals surface area (Å²) >= 11 is 5.56. The lowest BCUT2D eigenvalue weighted by Crippen LogP contribution is -2.22. The predicted molar refractivity (Wildman–Crippen MR) is 104 cm³/mol. The van der Waals surface area contributed by atoms with Crippen LogP contribution in [0.2, 0.25) is 5.02 Å². The Kier molecular flexibility index (Phi) is 6.23. The zero-order valence-corrected chi connectivity index (χ0v) is 15.6. The standard InChI is InChI=1S/C20H15ClF3N3O2/c21-18-8-5-14(10-17(18)20(22,23)24)27-19(28)12-26-13-3-6-15(7-4-13)29-16-2-1-9-25-11-16/h1-11,26H,12H2,(H,27,28). The van der Waals surface area contributed by atoms with Crippen LogP contribution >= 0.6 is 11.6 Å². The second-order valence-corrected chi connectivity index (χ2v) is 6.32. The number of amides is 1. The van der Waals surface area contributed by atoms with Crippen molar-refractivity contribution in [1.29, 1.82) is 0 Å². The van der Waals surface area contributed by atoms with E-state index in [1.165, 1.54) is 6.07 Å². The van der Waals surface area contributed by atoms with E-state index in [0.717, 1.165) is 12.1 Å². The van der Waals surface area contributed by atoms with Crippen LogP contribution in [-0.4, -0.2) is 17.4 Å². The Bertz CT molecular complexity index is 981. The Morgan fingerprint density at radius 2 is 1.76 bits per heavy atom. The first-order chi connectivity index (χ1) is 13.8. The fourth-order valence-corrected chi connectivity index (χ4v) is 2.62. The summed E-state index contributed by atoms with van der Waals surface area (Å²) in [5.74, 6) is 0.679. The van der Waals surface area contributed by atoms with Crippen LogP contribution in [0.4, 0.5) is 24.5 Å². The van der Waals surface area contributed by atoms with E-state index in [1.807, 2.05) is 0 Å². The lowest BCUT2D eigenvalue weighted by atomic mass is 10.2. The third kappa shape index (κ3) is 5.86. The van der Waals surface area contributed by atoms with Crippen LogP contribution < -0.4 is 15.4 Å². The van der Waals surface area contributed by atoms with E-state index in [9.17, 15) is 18.0 Å². The van der Waals surface area contributed by atoms with E-state index in [-0.39, 0.29) is 12.2 Å². The molecule has 0 saturated carbocycles. The maximum Gasteiger partial charge on any atom is 0.417 e. The van der Waals surface area contributed by atoms with E-state index >= 15 is 0 Å². The molecule has 1 amide bonds. The maximum absolute atomic E-state index is 12.9. The first kappa shape index (κ1) is 20.5. The number of carbonyl (C=O) groups is 1. The quantitative estimate of drug-likeness (QED) is 0.544. The minimum Gasteiger partial charge on any atom is -0.456 e. The molecule has 0 spiro atoms. The van der Waals surface area contributed by atoms with E-state index in [4.69, 9.17) is 16.3 Å². The Hall–Kier alpha value is -3.26. The number of alkyl halides is 3. The van der Waals surface area contributed by atoms with Crippen LogP contribution in [0.15, 0.2) is 67.0 Å². The smallest absolute Gasteiger partial charge is 0.417 e. The number of hydrogen-bond acceptors (Lipinski definition) is 4. The summed E-state index contributed by atoms with van der Waals surface area (Å²) in [6.45, 7) is -0.132. The zero-order valence-electron chi connectivity index (χ0n) is 14.8. The molecule has 5 nitrogen and oxygen atoms in total. The number of pyridine rings is 1. The van der Waals surface area contributed by atoms with Crippen LogP contribution in [0.3, 0.4) is 0 Å². The van der Waals surface area contributed by atoms with Crippen molar-refractivity contribution in [3.8, 4) is 11.5 Å². The third-order valence-electron chi connectivity index (χ3n) is 3.73. The number of aromatic nitrogens is 1. The molecule has 0 atom stereocenters. The van der Waals surface area contributed by atoms with Crippen LogP contribution in [0.25, 0.3) is 0 Å². The summed E-state index contributed by atoms with van der Waals surface area (Å²) in [6.07, 6.45) is -1.38. The number of hydrogen-bond donors (Lipinski definition) is 2. The summed E-state index contributed by atoms with van der Waals surface area (Å²) in [5, 5.41) is 4.86. The Labute approximate surface area is 169 Å². The van der Waals surface area contributed by atoms with Crippen LogP contribution in [-0.2, 0) is 11.0 Å². The molecule has 3 rings (SSSR count). The first-order valence-corrected chi connectivity index (χ1v) is 8.77. The second kappa shape index (κ2) is 8.83. The fourth-order valence-electron chi connectivity index (χ4n) is 2.39. The van der Waals surface area contributed by atoms with Gasteiger partial charge in [-0.1, -0.05) is 11.6 Å². The van der Waals surface area contributed by atoms with Crippen molar-refractivity contribution < 1.29 is 22.7 Å². The molecule has 29 heavy (non-hydrogen) atoms. The number of rotatable bonds is 6. The van der Waals surface area contributed by atoms with Gasteiger partial charge in [0.05, 0.1) is 23.3 Å². The van der Waals surface area contributed by atoms with E-state index < -0.39 is 22.7 Å². The van der Waals surface area contributed by atoms with Crippen LogP contribution in [0.5, 0.6) is 11.5 Å². The van der Waals surface area contributed by atoms with Crippen molar-refractivity contribution in [2.45, 2.75) is 6.18 Å². The monoisotopic (exact) mass is 421 g/mol. The van der Waals surface area contributed by atoms with Crippen molar-refractivity contribution in [2.75, 3.05) is 17.2 Å². The third-order valence-corrected chi connectivity index (χ3v) is 4.06. The number of benzene rings is 2. The average molecular weight is 422 g/mol. The van der Waals surface area contributed by atoms with Gasteiger partial charge < -0.3 is 15.4 Å². The molecule has 0 radical (unpaired) electrons. The number of ether oxygens (including phenoxy) is 1. The number of anilines is 2. The molecule has 1 heterocycles. The molecule has 0 fully saturated rings. The molecule has 0 aliphatic rings. The molecule has 2 aromatic carbocycles. The van der Waals surface area contributed by atoms with Crippen LogP contribution in [0, 0.1) is 0 Å². The van der Waals surface area contributed by atoms with E-state index in [2.05, 4.69) is 15.6 Å². The van der Waals surface area contributed by atoms with Gasteiger partial charge in [-0.05, 0) is 54.6 Å². The summed E-state index contributed by atoms with van der Waals surface area (Å²) in [7, 11) is 0. The fraction of sp³-hybridized carbons (Fsp3) is 0.100. The highest BCUT2D eigenvalue weighted by Crippen LogP contribution is 2.36. The average Bonchev–Trinajstić information content (AvgIpc) is 2.69. The van der Waals surface area contributed by atoms with E-state index in [0.29, 0.717) is 17.2 Å². The molecule has 0 unspecified atom stereocenters. The summed E-state index contributed by atoms with van der Waals surface area (Å²) in [5.41, 5.74) is -0.353.